The van der Waals surface area contributed by atoms with Crippen molar-refractivity contribution in [3.63, 3.8) is 0 Å². The van der Waals surface area contributed by atoms with Gasteiger partial charge in [-0.05, 0) is 52.5 Å². The van der Waals surface area contributed by atoms with Crippen LogP contribution in [0.4, 0.5) is 0 Å². The number of rotatable bonds is 8. The Morgan fingerprint density at radius 1 is 1.12 bits per heavy atom. The van der Waals surface area contributed by atoms with Crippen LogP contribution in [0.3, 0.4) is 0 Å². The molecule has 4 nitrogen and oxygen atoms in total. The summed E-state index contributed by atoms with van der Waals surface area (Å²) in [5, 5.41) is 0. The molecule has 0 spiro atoms. The summed E-state index contributed by atoms with van der Waals surface area (Å²) in [7, 11) is -0.391. The van der Waals surface area contributed by atoms with E-state index in [4.69, 9.17) is 15.0 Å². The fourth-order valence-electron chi connectivity index (χ4n) is 3.49. The normalized spacial score (nSPS) is 20.3. The molecule has 0 saturated carbocycles. The number of halogens is 1. The molecule has 2 atom stereocenters. The van der Waals surface area contributed by atoms with Crippen LogP contribution < -0.4 is 5.73 Å². The van der Waals surface area contributed by atoms with E-state index in [1.165, 1.54) is 5.56 Å². The van der Waals surface area contributed by atoms with Gasteiger partial charge in [-0.3, -0.25) is 4.79 Å². The maximum Gasteiger partial charge on any atom is 0.461 e. The largest absolute Gasteiger partial charge is 0.461 e. The van der Waals surface area contributed by atoms with E-state index in [2.05, 4.69) is 24.3 Å². The number of primary amides is 1. The Morgan fingerprint density at radius 2 is 1.65 bits per heavy atom. The van der Waals surface area contributed by atoms with E-state index in [1.54, 1.807) is 0 Å². The number of benzene rings is 1. The summed E-state index contributed by atoms with van der Waals surface area (Å²) >= 11 is 0. The fourth-order valence-corrected chi connectivity index (χ4v) is 3.49. The second-order valence-corrected chi connectivity index (χ2v) is 8.08. The average Bonchev–Trinajstić information content (AvgIpc) is 2.75. The first-order chi connectivity index (χ1) is 11.7. The highest BCUT2D eigenvalue weighted by Crippen LogP contribution is 2.44. The predicted octanol–water partition coefficient (Wildman–Crippen LogP) is 4.41. The minimum absolute atomic E-state index is 0. The van der Waals surface area contributed by atoms with E-state index >= 15 is 0 Å². The molecule has 0 aromatic heterocycles. The molecule has 1 unspecified atom stereocenters. The summed E-state index contributed by atoms with van der Waals surface area (Å²) < 4.78 is 12.5. The van der Waals surface area contributed by atoms with Crippen LogP contribution in [0.15, 0.2) is 30.3 Å². The molecule has 0 aliphatic carbocycles. The highest BCUT2D eigenvalue weighted by atomic mass is 35.5. The third-order valence-electron chi connectivity index (χ3n) is 5.79. The van der Waals surface area contributed by atoms with Crippen molar-refractivity contribution in [2.24, 2.45) is 11.7 Å². The van der Waals surface area contributed by atoms with Crippen molar-refractivity contribution in [3.8, 4) is 0 Å². The van der Waals surface area contributed by atoms with Gasteiger partial charge in [0.15, 0.2) is 0 Å². The zero-order valence-electron chi connectivity index (χ0n) is 16.7. The maximum absolute atomic E-state index is 12.0. The number of nitrogens with two attached hydrogens (primary N) is 1. The van der Waals surface area contributed by atoms with Gasteiger partial charge in [0.1, 0.15) is 0 Å². The second-order valence-electron chi connectivity index (χ2n) is 8.08. The van der Waals surface area contributed by atoms with Crippen LogP contribution in [0.2, 0.25) is 5.82 Å². The van der Waals surface area contributed by atoms with Gasteiger partial charge in [-0.25, -0.2) is 0 Å². The molecule has 6 heteroatoms. The molecule has 1 aromatic rings. The number of carbonyl (C=O) groups is 1. The second kappa shape index (κ2) is 9.25. The zero-order chi connectivity index (χ0) is 18.7. The monoisotopic (exact) mass is 381 g/mol. The van der Waals surface area contributed by atoms with Gasteiger partial charge in [0.25, 0.3) is 0 Å². The Balaban J connectivity index is 0.00000338. The summed E-state index contributed by atoms with van der Waals surface area (Å²) in [6, 6.07) is 10.4. The molecule has 1 amide bonds. The van der Waals surface area contributed by atoms with Crippen LogP contribution in [0, 0.1) is 5.92 Å². The van der Waals surface area contributed by atoms with Gasteiger partial charge in [0.05, 0.1) is 11.2 Å². The lowest BCUT2D eigenvalue weighted by Crippen LogP contribution is -2.41. The number of hydrogen-bond donors (Lipinski definition) is 1. The summed E-state index contributed by atoms with van der Waals surface area (Å²) in [6.07, 6.45) is 3.51. The molecule has 1 aliphatic rings. The Hall–Kier alpha value is -1.04. The number of carbonyl (C=O) groups excluding carboxylic acids is 1. The first-order valence-corrected chi connectivity index (χ1v) is 9.37. The van der Waals surface area contributed by atoms with Crippen LogP contribution in [-0.4, -0.2) is 24.2 Å². The summed E-state index contributed by atoms with van der Waals surface area (Å²) in [4.78, 5) is 12.0. The molecule has 146 valence electrons. The molecule has 2 N–H and O–H groups in total. The van der Waals surface area contributed by atoms with Crippen LogP contribution in [0.5, 0.6) is 0 Å². The minimum atomic E-state index is -0.398. The Kier molecular flexibility index (Phi) is 8.18. The standard InChI is InChI=1S/C20H32BNO3.ClH/c1-6-16(18(22)23)17(14-10-13-15-11-8-7-9-12-15)21-24-19(2,3)20(4,5)25-21;/h7-9,11-12,16-17H,6,10,13-14H2,1-5H3,(H2,22,23);1H/t16?,17-;/m0./s1. The van der Waals surface area contributed by atoms with Crippen LogP contribution in [0.1, 0.15) is 59.4 Å². The molecule has 0 bridgehead atoms. The highest BCUT2D eigenvalue weighted by Gasteiger charge is 2.55. The predicted molar refractivity (Wildman–Crippen MR) is 109 cm³/mol. The molecule has 1 heterocycles. The molecule has 0 radical (unpaired) electrons. The first-order valence-electron chi connectivity index (χ1n) is 9.37. The molecule has 26 heavy (non-hydrogen) atoms. The van der Waals surface area contributed by atoms with E-state index in [-0.39, 0.29) is 30.0 Å². The topological polar surface area (TPSA) is 61.6 Å². The number of hydrogen-bond acceptors (Lipinski definition) is 3. The Labute approximate surface area is 164 Å². The van der Waals surface area contributed by atoms with Crippen LogP contribution in [0.25, 0.3) is 0 Å². The Bertz CT molecular complexity index is 564. The molecule has 1 saturated heterocycles. The first kappa shape index (κ1) is 23.0. The van der Waals surface area contributed by atoms with Gasteiger partial charge in [-0.1, -0.05) is 43.7 Å². The van der Waals surface area contributed by atoms with Crippen LogP contribution >= 0.6 is 12.4 Å². The molecule has 2 rings (SSSR count). The van der Waals surface area contributed by atoms with E-state index < -0.39 is 18.3 Å². The molecular formula is C20H33BClNO3. The van der Waals surface area contributed by atoms with Crippen molar-refractivity contribution in [2.45, 2.75) is 77.3 Å². The lowest BCUT2D eigenvalue weighted by Gasteiger charge is -2.32. The van der Waals surface area contributed by atoms with Crippen LogP contribution in [-0.2, 0) is 20.5 Å². The summed E-state index contributed by atoms with van der Waals surface area (Å²) in [5.74, 6) is -0.514. The summed E-state index contributed by atoms with van der Waals surface area (Å²) in [6.45, 7) is 10.2. The van der Waals surface area contributed by atoms with Crippen molar-refractivity contribution >= 4 is 25.4 Å². The van der Waals surface area contributed by atoms with Gasteiger partial charge in [-0.15, -0.1) is 12.4 Å². The van der Waals surface area contributed by atoms with Crippen molar-refractivity contribution in [3.05, 3.63) is 35.9 Å². The summed E-state index contributed by atoms with van der Waals surface area (Å²) in [5.41, 5.74) is 6.20. The third kappa shape index (κ3) is 5.24. The van der Waals surface area contributed by atoms with Crippen molar-refractivity contribution in [2.75, 3.05) is 0 Å². The highest BCUT2D eigenvalue weighted by molar-refractivity contribution is 6.48. The number of aryl methyl sites for hydroxylation is 1. The quantitative estimate of drug-likeness (QED) is 0.679. The maximum atomic E-state index is 12.0. The lowest BCUT2D eigenvalue weighted by molar-refractivity contribution is -0.122. The SMILES string of the molecule is CCC(C(N)=O)[C@H](CCCc1ccccc1)B1OC(C)(C)C(C)(C)O1.Cl. The third-order valence-corrected chi connectivity index (χ3v) is 5.79. The smallest absolute Gasteiger partial charge is 0.403 e. The van der Waals surface area contributed by atoms with Gasteiger partial charge in [-0.2, -0.15) is 0 Å². The molecule has 1 aromatic carbocycles. The fraction of sp³-hybridized carbons (Fsp3) is 0.650. The van der Waals surface area contributed by atoms with Crippen molar-refractivity contribution < 1.29 is 14.1 Å². The van der Waals surface area contributed by atoms with E-state index in [9.17, 15) is 4.79 Å². The average molecular weight is 382 g/mol. The minimum Gasteiger partial charge on any atom is -0.403 e. The number of amides is 1. The van der Waals surface area contributed by atoms with E-state index in [0.717, 1.165) is 19.3 Å². The lowest BCUT2D eigenvalue weighted by atomic mass is 9.61. The zero-order valence-corrected chi connectivity index (χ0v) is 17.5. The molecule has 1 aliphatic heterocycles. The molecular weight excluding hydrogens is 348 g/mol. The van der Waals surface area contributed by atoms with E-state index in [1.807, 2.05) is 40.7 Å². The van der Waals surface area contributed by atoms with Gasteiger partial charge >= 0.3 is 7.12 Å². The van der Waals surface area contributed by atoms with Gasteiger partial charge in [0, 0.05) is 11.7 Å². The van der Waals surface area contributed by atoms with Crippen molar-refractivity contribution in [1.29, 1.82) is 0 Å². The Morgan fingerprint density at radius 3 is 2.12 bits per heavy atom. The van der Waals surface area contributed by atoms with Gasteiger partial charge < -0.3 is 15.0 Å². The van der Waals surface area contributed by atoms with E-state index in [0.29, 0.717) is 6.42 Å². The molecule has 1 fully saturated rings. The van der Waals surface area contributed by atoms with Gasteiger partial charge in [0.2, 0.25) is 5.91 Å². The van der Waals surface area contributed by atoms with Crippen molar-refractivity contribution in [1.82, 2.24) is 0 Å².